The summed E-state index contributed by atoms with van der Waals surface area (Å²) in [6.07, 6.45) is 0.770. The largest absolute Gasteiger partial charge is 0.398 e. The SMILES string of the molecule is Cc1ccc(C(=O)N2CCCN(C(=O)c3ccccc3)CC2)cc1N. The molecular weight excluding hydrogens is 314 g/mol. The molecule has 0 spiro atoms. The first-order valence-electron chi connectivity index (χ1n) is 8.56. The zero-order chi connectivity index (χ0) is 17.8. The summed E-state index contributed by atoms with van der Waals surface area (Å²) in [6, 6.07) is 14.7. The van der Waals surface area contributed by atoms with E-state index in [0.29, 0.717) is 43.0 Å². The van der Waals surface area contributed by atoms with E-state index < -0.39 is 0 Å². The first-order valence-corrected chi connectivity index (χ1v) is 8.56. The normalized spacial score (nSPS) is 14.9. The molecule has 2 amide bonds. The third-order valence-corrected chi connectivity index (χ3v) is 4.62. The predicted molar refractivity (Wildman–Crippen MR) is 98.5 cm³/mol. The summed E-state index contributed by atoms with van der Waals surface area (Å²) in [4.78, 5) is 28.9. The second-order valence-electron chi connectivity index (χ2n) is 6.38. The van der Waals surface area contributed by atoms with Crippen LogP contribution in [0.1, 0.15) is 32.7 Å². The molecule has 1 aliphatic rings. The molecule has 0 atom stereocenters. The van der Waals surface area contributed by atoms with E-state index in [2.05, 4.69) is 0 Å². The number of carbonyl (C=O) groups excluding carboxylic acids is 2. The first-order chi connectivity index (χ1) is 12.1. The quantitative estimate of drug-likeness (QED) is 0.857. The van der Waals surface area contributed by atoms with E-state index in [4.69, 9.17) is 5.73 Å². The molecule has 2 N–H and O–H groups in total. The van der Waals surface area contributed by atoms with Gasteiger partial charge in [0.25, 0.3) is 11.8 Å². The summed E-state index contributed by atoms with van der Waals surface area (Å²) in [5.74, 6) is -0.00445. The van der Waals surface area contributed by atoms with Crippen LogP contribution in [-0.2, 0) is 0 Å². The van der Waals surface area contributed by atoms with Crippen molar-refractivity contribution in [1.82, 2.24) is 9.80 Å². The first kappa shape index (κ1) is 17.0. The highest BCUT2D eigenvalue weighted by Gasteiger charge is 2.23. The van der Waals surface area contributed by atoms with Crippen molar-refractivity contribution in [3.63, 3.8) is 0 Å². The van der Waals surface area contributed by atoms with E-state index in [1.807, 2.05) is 59.2 Å². The molecule has 5 heteroatoms. The van der Waals surface area contributed by atoms with E-state index in [1.165, 1.54) is 0 Å². The number of rotatable bonds is 2. The van der Waals surface area contributed by atoms with Gasteiger partial charge in [-0.05, 0) is 43.2 Å². The Morgan fingerprint density at radius 2 is 1.44 bits per heavy atom. The lowest BCUT2D eigenvalue weighted by molar-refractivity contribution is 0.0719. The number of nitrogens with zero attached hydrogens (tertiary/aromatic N) is 2. The minimum Gasteiger partial charge on any atom is -0.398 e. The van der Waals surface area contributed by atoms with Gasteiger partial charge < -0.3 is 15.5 Å². The van der Waals surface area contributed by atoms with Crippen LogP contribution in [0.3, 0.4) is 0 Å². The van der Waals surface area contributed by atoms with Crippen LogP contribution in [0.2, 0.25) is 0 Å². The smallest absolute Gasteiger partial charge is 0.253 e. The molecule has 0 aromatic heterocycles. The van der Waals surface area contributed by atoms with E-state index in [-0.39, 0.29) is 11.8 Å². The van der Waals surface area contributed by atoms with Gasteiger partial charge in [-0.3, -0.25) is 9.59 Å². The molecule has 0 bridgehead atoms. The van der Waals surface area contributed by atoms with Gasteiger partial charge >= 0.3 is 0 Å². The van der Waals surface area contributed by atoms with E-state index in [9.17, 15) is 9.59 Å². The molecule has 2 aromatic carbocycles. The van der Waals surface area contributed by atoms with Crippen LogP contribution in [0.15, 0.2) is 48.5 Å². The van der Waals surface area contributed by atoms with Crippen molar-refractivity contribution in [2.45, 2.75) is 13.3 Å². The number of carbonyl (C=O) groups is 2. The standard InChI is InChI=1S/C20H23N3O2/c1-15-8-9-17(14-18(15)21)20(25)23-11-5-10-22(12-13-23)19(24)16-6-3-2-4-7-16/h2-4,6-9,14H,5,10-13,21H2,1H3. The second-order valence-corrected chi connectivity index (χ2v) is 6.38. The molecule has 130 valence electrons. The van der Waals surface area contributed by atoms with Crippen molar-refractivity contribution in [3.05, 3.63) is 65.2 Å². The summed E-state index contributed by atoms with van der Waals surface area (Å²) < 4.78 is 0. The molecule has 2 aromatic rings. The molecule has 25 heavy (non-hydrogen) atoms. The third kappa shape index (κ3) is 3.82. The zero-order valence-corrected chi connectivity index (χ0v) is 14.4. The molecule has 0 aliphatic carbocycles. The molecule has 0 unspecified atom stereocenters. The van der Waals surface area contributed by atoms with E-state index in [1.54, 1.807) is 6.07 Å². The van der Waals surface area contributed by atoms with Gasteiger partial charge in [-0.25, -0.2) is 0 Å². The molecule has 3 rings (SSSR count). The van der Waals surface area contributed by atoms with Crippen molar-refractivity contribution in [1.29, 1.82) is 0 Å². The molecular formula is C20H23N3O2. The number of benzene rings is 2. The third-order valence-electron chi connectivity index (χ3n) is 4.62. The molecule has 1 saturated heterocycles. The van der Waals surface area contributed by atoms with Gasteiger partial charge in [0.15, 0.2) is 0 Å². The summed E-state index contributed by atoms with van der Waals surface area (Å²) in [6.45, 7) is 4.30. The Labute approximate surface area is 148 Å². The second kappa shape index (κ2) is 7.38. The van der Waals surface area contributed by atoms with E-state index in [0.717, 1.165) is 12.0 Å². The molecule has 1 heterocycles. The van der Waals surface area contributed by atoms with Crippen molar-refractivity contribution in [2.75, 3.05) is 31.9 Å². The van der Waals surface area contributed by atoms with E-state index >= 15 is 0 Å². The fourth-order valence-electron chi connectivity index (χ4n) is 3.04. The average Bonchev–Trinajstić information content (AvgIpc) is 2.89. The van der Waals surface area contributed by atoms with Crippen LogP contribution in [0, 0.1) is 6.92 Å². The minimum absolute atomic E-state index is 0.0227. The van der Waals surface area contributed by atoms with Crippen LogP contribution in [0.4, 0.5) is 5.69 Å². The Morgan fingerprint density at radius 1 is 0.840 bits per heavy atom. The van der Waals surface area contributed by atoms with Crippen LogP contribution >= 0.6 is 0 Å². The topological polar surface area (TPSA) is 66.6 Å². The van der Waals surface area contributed by atoms with Gasteiger partial charge in [0.05, 0.1) is 0 Å². The highest BCUT2D eigenvalue weighted by molar-refractivity contribution is 5.96. The molecule has 0 saturated carbocycles. The highest BCUT2D eigenvalue weighted by Crippen LogP contribution is 2.16. The lowest BCUT2D eigenvalue weighted by atomic mass is 10.1. The number of nitrogens with two attached hydrogens (primary N) is 1. The van der Waals surface area contributed by atoms with Crippen LogP contribution in [-0.4, -0.2) is 47.8 Å². The maximum absolute atomic E-state index is 12.7. The Bertz CT molecular complexity index is 774. The number of anilines is 1. The number of amides is 2. The number of nitrogen functional groups attached to an aromatic ring is 1. The molecule has 0 radical (unpaired) electrons. The monoisotopic (exact) mass is 337 g/mol. The molecule has 1 fully saturated rings. The van der Waals surface area contributed by atoms with Gasteiger partial charge in [0.2, 0.25) is 0 Å². The lowest BCUT2D eigenvalue weighted by Gasteiger charge is -2.22. The van der Waals surface area contributed by atoms with Crippen molar-refractivity contribution < 1.29 is 9.59 Å². The lowest BCUT2D eigenvalue weighted by Crippen LogP contribution is -2.37. The fraction of sp³-hybridized carbons (Fsp3) is 0.300. The average molecular weight is 337 g/mol. The Hall–Kier alpha value is -2.82. The van der Waals surface area contributed by atoms with Crippen LogP contribution in [0.25, 0.3) is 0 Å². The minimum atomic E-state index is -0.0271. The van der Waals surface area contributed by atoms with Gasteiger partial charge in [-0.1, -0.05) is 24.3 Å². The summed E-state index contributed by atoms with van der Waals surface area (Å²) >= 11 is 0. The summed E-state index contributed by atoms with van der Waals surface area (Å²) in [7, 11) is 0. The maximum Gasteiger partial charge on any atom is 0.253 e. The van der Waals surface area contributed by atoms with Gasteiger partial charge in [0, 0.05) is 43.0 Å². The van der Waals surface area contributed by atoms with Crippen molar-refractivity contribution in [3.8, 4) is 0 Å². The number of hydrogen-bond donors (Lipinski definition) is 1. The summed E-state index contributed by atoms with van der Waals surface area (Å²) in [5, 5.41) is 0. The van der Waals surface area contributed by atoms with Crippen molar-refractivity contribution >= 4 is 17.5 Å². The predicted octanol–water partition coefficient (Wildman–Crippen LogP) is 2.57. The maximum atomic E-state index is 12.7. The summed E-state index contributed by atoms with van der Waals surface area (Å²) in [5.41, 5.74) is 8.80. The van der Waals surface area contributed by atoms with Gasteiger partial charge in [-0.15, -0.1) is 0 Å². The van der Waals surface area contributed by atoms with Gasteiger partial charge in [-0.2, -0.15) is 0 Å². The number of hydrogen-bond acceptors (Lipinski definition) is 3. The van der Waals surface area contributed by atoms with Crippen molar-refractivity contribution in [2.24, 2.45) is 0 Å². The fourth-order valence-corrected chi connectivity index (χ4v) is 3.04. The van der Waals surface area contributed by atoms with Crippen LogP contribution in [0.5, 0.6) is 0 Å². The molecule has 1 aliphatic heterocycles. The zero-order valence-electron chi connectivity index (χ0n) is 14.4. The Balaban J connectivity index is 1.68. The molecule has 5 nitrogen and oxygen atoms in total. The highest BCUT2D eigenvalue weighted by atomic mass is 16.2. The Kier molecular flexibility index (Phi) is 5.03. The van der Waals surface area contributed by atoms with Gasteiger partial charge in [0.1, 0.15) is 0 Å². The number of aryl methyl sites for hydroxylation is 1. The Morgan fingerprint density at radius 3 is 2.04 bits per heavy atom. The van der Waals surface area contributed by atoms with Crippen LogP contribution < -0.4 is 5.73 Å².